The van der Waals surface area contributed by atoms with Gasteiger partial charge in [-0.1, -0.05) is 60.7 Å². The predicted octanol–water partition coefficient (Wildman–Crippen LogP) is 3.51. The molecule has 2 aliphatic rings. The number of carbonyl (C=O) groups is 2. The highest BCUT2D eigenvalue weighted by atomic mass is 32.2. The summed E-state index contributed by atoms with van der Waals surface area (Å²) in [5.74, 6) is -1.01. The number of rotatable bonds is 4. The van der Waals surface area contributed by atoms with Gasteiger partial charge < -0.3 is 10.6 Å². The molecule has 2 aromatic rings. The third kappa shape index (κ3) is 3.06. The molecule has 0 atom stereocenters. The lowest BCUT2D eigenvalue weighted by molar-refractivity contribution is 0.0708. The van der Waals surface area contributed by atoms with Gasteiger partial charge in [-0.05, 0) is 24.2 Å². The molecule has 0 aromatic heterocycles. The topological polar surface area (TPSA) is 112 Å². The highest BCUT2D eigenvalue weighted by Gasteiger charge is 2.63. The van der Waals surface area contributed by atoms with Gasteiger partial charge in [0.2, 0.25) is 17.1 Å². The van der Waals surface area contributed by atoms with Crippen molar-refractivity contribution < 1.29 is 9.59 Å². The summed E-state index contributed by atoms with van der Waals surface area (Å²) in [6.45, 7) is 5.66. The molecule has 0 fully saturated rings. The maximum absolute atomic E-state index is 13.7. The second-order valence-corrected chi connectivity index (χ2v) is 8.21. The van der Waals surface area contributed by atoms with E-state index in [1.54, 1.807) is 30.3 Å². The number of carbonyl (C=O) groups excluding carboxylic acids is 2. The van der Waals surface area contributed by atoms with Crippen molar-refractivity contribution in [3.8, 4) is 6.07 Å². The second-order valence-electron chi connectivity index (χ2n) is 7.20. The molecule has 0 saturated heterocycles. The van der Waals surface area contributed by atoms with Gasteiger partial charge in [0.1, 0.15) is 11.6 Å². The van der Waals surface area contributed by atoms with Crippen LogP contribution in [0, 0.1) is 11.3 Å². The van der Waals surface area contributed by atoms with Crippen molar-refractivity contribution in [2.75, 3.05) is 6.54 Å². The number of nitrogens with two attached hydrogens (primary N) is 1. The Morgan fingerprint density at radius 2 is 1.75 bits per heavy atom. The van der Waals surface area contributed by atoms with Crippen molar-refractivity contribution in [1.29, 1.82) is 5.26 Å². The van der Waals surface area contributed by atoms with E-state index in [0.717, 1.165) is 17.3 Å². The van der Waals surface area contributed by atoms with E-state index in [2.05, 4.69) is 16.8 Å². The van der Waals surface area contributed by atoms with Crippen LogP contribution in [0.4, 0.5) is 0 Å². The van der Waals surface area contributed by atoms with Crippen molar-refractivity contribution in [2.24, 2.45) is 15.9 Å². The molecular weight excluding hydrogens is 422 g/mol. The Bertz CT molecular complexity index is 1240. The minimum absolute atomic E-state index is 0.0497. The number of hydrogen-bond acceptors (Lipinski definition) is 7. The van der Waals surface area contributed by atoms with Gasteiger partial charge >= 0.3 is 0 Å². The van der Waals surface area contributed by atoms with Crippen LogP contribution in [0.15, 0.2) is 88.1 Å². The van der Waals surface area contributed by atoms with E-state index in [-0.39, 0.29) is 33.4 Å². The summed E-state index contributed by atoms with van der Waals surface area (Å²) in [5, 5.41) is 18.9. The first-order valence-electron chi connectivity index (χ1n) is 9.79. The van der Waals surface area contributed by atoms with Crippen LogP contribution in [0.1, 0.15) is 33.2 Å². The molecule has 0 unspecified atom stereocenters. The van der Waals surface area contributed by atoms with Crippen LogP contribution in [-0.2, 0) is 0 Å². The lowest BCUT2D eigenvalue weighted by Gasteiger charge is -2.42. The first-order valence-corrected chi connectivity index (χ1v) is 10.6. The number of amidine groups is 1. The number of benzene rings is 2. The van der Waals surface area contributed by atoms with Gasteiger partial charge in [-0.3, -0.25) is 9.59 Å². The third-order valence-electron chi connectivity index (χ3n) is 5.42. The smallest absolute Gasteiger partial charge is 0.207 e. The number of ketones is 2. The van der Waals surface area contributed by atoms with Gasteiger partial charge in [0.15, 0.2) is 5.17 Å². The second kappa shape index (κ2) is 8.29. The summed E-state index contributed by atoms with van der Waals surface area (Å²) in [4.78, 5) is 28.8. The lowest BCUT2D eigenvalue weighted by Crippen LogP contribution is -2.62. The van der Waals surface area contributed by atoms with Crippen LogP contribution in [-0.4, -0.2) is 39.4 Å². The van der Waals surface area contributed by atoms with E-state index in [4.69, 9.17) is 5.73 Å². The Balaban J connectivity index is 1.91. The molecular formula is C24H19N5O2S. The zero-order valence-corrected chi connectivity index (χ0v) is 18.1. The standard InChI is InChI=1S/C24H19N5O2S/c1-3-13-29-23(28-27-15(2)16-9-5-4-6-10-16)32-22(26)19(14-25)24(29)20(30)17-11-7-8-12-18(17)21(24)31/h3-12H,1,13,26H2,2H3/b27-15+,28-23-. The fourth-order valence-electron chi connectivity index (χ4n) is 3.91. The molecule has 4 rings (SSSR count). The van der Waals surface area contributed by atoms with Gasteiger partial charge in [-0.2, -0.15) is 10.4 Å². The van der Waals surface area contributed by atoms with Gasteiger partial charge in [0.05, 0.1) is 10.7 Å². The summed E-state index contributed by atoms with van der Waals surface area (Å²) in [5.41, 5.74) is 6.21. The highest BCUT2D eigenvalue weighted by molar-refractivity contribution is 8.17. The molecule has 0 bridgehead atoms. The van der Waals surface area contributed by atoms with Crippen LogP contribution < -0.4 is 5.73 Å². The molecule has 2 aromatic carbocycles. The van der Waals surface area contributed by atoms with E-state index in [1.807, 2.05) is 43.3 Å². The number of Topliss-reactive ketones (excluding diaryl/α,β-unsaturated/α-hetero) is 2. The molecule has 0 amide bonds. The fraction of sp³-hybridized carbons (Fsp3) is 0.125. The van der Waals surface area contributed by atoms with Crippen molar-refractivity contribution >= 4 is 34.2 Å². The number of fused-ring (bicyclic) bond motifs is 1. The average molecular weight is 442 g/mol. The van der Waals surface area contributed by atoms with Crippen LogP contribution >= 0.6 is 11.8 Å². The van der Waals surface area contributed by atoms with Gasteiger partial charge in [-0.15, -0.1) is 11.7 Å². The van der Waals surface area contributed by atoms with Crippen LogP contribution in [0.3, 0.4) is 0 Å². The van der Waals surface area contributed by atoms with Crippen molar-refractivity contribution in [2.45, 2.75) is 12.5 Å². The molecule has 1 heterocycles. The minimum Gasteiger partial charge on any atom is -0.392 e. The Morgan fingerprint density at radius 1 is 1.16 bits per heavy atom. The van der Waals surface area contributed by atoms with Crippen LogP contribution in [0.25, 0.3) is 0 Å². The van der Waals surface area contributed by atoms with E-state index in [0.29, 0.717) is 5.71 Å². The minimum atomic E-state index is -1.92. The van der Waals surface area contributed by atoms with Gasteiger partial charge in [0.25, 0.3) is 0 Å². The average Bonchev–Trinajstić information content (AvgIpc) is 3.03. The SMILES string of the molecule is C=CCN1/C(=N/N=C(\C)c2ccccc2)SC(N)=C(C#N)C12C(=O)c1ccccc1C2=O. The zero-order chi connectivity index (χ0) is 22.9. The summed E-state index contributed by atoms with van der Waals surface area (Å²) < 4.78 is 0. The fourth-order valence-corrected chi connectivity index (χ4v) is 4.81. The Morgan fingerprint density at radius 3 is 2.31 bits per heavy atom. The number of hydrogen-bond donors (Lipinski definition) is 1. The predicted molar refractivity (Wildman–Crippen MR) is 125 cm³/mol. The Kier molecular flexibility index (Phi) is 5.51. The number of thioether (sulfide) groups is 1. The summed E-state index contributed by atoms with van der Waals surface area (Å²) in [6.07, 6.45) is 1.55. The van der Waals surface area contributed by atoms with Crippen molar-refractivity contribution in [1.82, 2.24) is 4.90 Å². The maximum atomic E-state index is 13.7. The van der Waals surface area contributed by atoms with Crippen LogP contribution in [0.5, 0.6) is 0 Å². The van der Waals surface area contributed by atoms with E-state index in [1.165, 1.54) is 4.90 Å². The monoisotopic (exact) mass is 441 g/mol. The van der Waals surface area contributed by atoms with Gasteiger partial charge in [0, 0.05) is 17.7 Å². The normalized spacial score (nSPS) is 18.8. The Hall–Kier alpha value is -3.96. The molecule has 1 aliphatic carbocycles. The molecule has 1 spiro atoms. The highest BCUT2D eigenvalue weighted by Crippen LogP contribution is 2.46. The molecule has 7 nitrogen and oxygen atoms in total. The third-order valence-corrected chi connectivity index (χ3v) is 6.33. The molecule has 8 heteroatoms. The zero-order valence-electron chi connectivity index (χ0n) is 17.3. The van der Waals surface area contributed by atoms with E-state index >= 15 is 0 Å². The summed E-state index contributed by atoms with van der Waals surface area (Å²) >= 11 is 0.999. The molecule has 1 aliphatic heterocycles. The largest absolute Gasteiger partial charge is 0.392 e. The number of nitriles is 1. The summed E-state index contributed by atoms with van der Waals surface area (Å²) in [7, 11) is 0. The lowest BCUT2D eigenvalue weighted by atomic mass is 9.83. The summed E-state index contributed by atoms with van der Waals surface area (Å²) in [6, 6.07) is 18.0. The van der Waals surface area contributed by atoms with E-state index < -0.39 is 17.1 Å². The van der Waals surface area contributed by atoms with Crippen LogP contribution in [0.2, 0.25) is 0 Å². The Labute approximate surface area is 189 Å². The van der Waals surface area contributed by atoms with Crippen molar-refractivity contribution in [3.05, 3.63) is 94.5 Å². The molecule has 2 N–H and O–H groups in total. The first kappa shape index (κ1) is 21.3. The van der Waals surface area contributed by atoms with Crippen molar-refractivity contribution in [3.63, 3.8) is 0 Å². The maximum Gasteiger partial charge on any atom is 0.207 e. The molecule has 0 saturated carbocycles. The first-order chi connectivity index (χ1) is 15.5. The molecule has 0 radical (unpaired) electrons. The molecule has 158 valence electrons. The van der Waals surface area contributed by atoms with E-state index in [9.17, 15) is 14.9 Å². The number of nitrogens with zero attached hydrogens (tertiary/aromatic N) is 4. The quantitative estimate of drug-likeness (QED) is 0.336. The molecule has 32 heavy (non-hydrogen) atoms. The van der Waals surface area contributed by atoms with Gasteiger partial charge in [-0.25, -0.2) is 0 Å².